The molecule has 21 atom stereocenters. The highest BCUT2D eigenvalue weighted by Gasteiger charge is 2.64. The van der Waals surface area contributed by atoms with Crippen molar-refractivity contribution in [2.24, 2.45) is 23.7 Å². The minimum atomic E-state index is -2.13. The first-order valence-electron chi connectivity index (χ1n) is 23.5. The van der Waals surface area contributed by atoms with Gasteiger partial charge in [0.15, 0.2) is 18.4 Å². The fourth-order valence-corrected chi connectivity index (χ4v) is 11.1. The van der Waals surface area contributed by atoms with Crippen molar-refractivity contribution < 1.29 is 77.6 Å². The first kappa shape index (κ1) is 49.8. The van der Waals surface area contributed by atoms with Crippen LogP contribution in [0.3, 0.4) is 0 Å². The maximum Gasteiger partial charge on any atom is 0.316 e. The number of esters is 1. The lowest BCUT2D eigenvalue weighted by Gasteiger charge is -2.51. The lowest BCUT2D eigenvalue weighted by Crippen LogP contribution is -2.58. The van der Waals surface area contributed by atoms with Gasteiger partial charge in [-0.2, -0.15) is 0 Å². The summed E-state index contributed by atoms with van der Waals surface area (Å²) in [5.74, 6) is -2.68. The van der Waals surface area contributed by atoms with Crippen LogP contribution in [-0.4, -0.2) is 144 Å². The zero-order chi connectivity index (χ0) is 46.2. The highest BCUT2D eigenvalue weighted by atomic mass is 17.1. The number of hydrogen-bond acceptors (Lipinski definition) is 16. The van der Waals surface area contributed by atoms with E-state index in [2.05, 4.69) is 26.8 Å². The predicted octanol–water partition coefficient (Wildman–Crippen LogP) is 5.42. The van der Waals surface area contributed by atoms with Crippen molar-refractivity contribution in [3.63, 3.8) is 0 Å². The summed E-state index contributed by atoms with van der Waals surface area (Å²) >= 11 is 0. The highest BCUT2D eigenvalue weighted by Crippen LogP contribution is 2.50. The molecule has 6 aliphatic heterocycles. The minimum absolute atomic E-state index is 0.0484. The Labute approximate surface area is 378 Å². The van der Waals surface area contributed by atoms with E-state index in [1.165, 1.54) is 6.08 Å². The van der Waals surface area contributed by atoms with E-state index in [9.17, 15) is 25.4 Å². The van der Waals surface area contributed by atoms with Gasteiger partial charge in [-0.15, -0.1) is 0 Å². The molecule has 64 heavy (non-hydrogen) atoms. The van der Waals surface area contributed by atoms with Gasteiger partial charge in [0, 0.05) is 57.8 Å². The van der Waals surface area contributed by atoms with Gasteiger partial charge in [0.2, 0.25) is 6.29 Å². The summed E-state index contributed by atoms with van der Waals surface area (Å²) in [7, 11) is 3.19. The van der Waals surface area contributed by atoms with E-state index in [-0.39, 0.29) is 23.5 Å². The molecule has 0 aromatic carbocycles. The Morgan fingerprint density at radius 2 is 1.61 bits per heavy atom. The molecule has 2 bridgehead atoms. The fraction of sp³-hybridized carbons (Fsp3) is 0.812. The molecule has 7 rings (SSSR count). The van der Waals surface area contributed by atoms with E-state index < -0.39 is 109 Å². The number of aliphatic hydroxyl groups is 3. The number of methoxy groups -OCH3 is 2. The Morgan fingerprint density at radius 3 is 2.31 bits per heavy atom. The molecule has 0 aromatic heterocycles. The molecule has 5 fully saturated rings. The Kier molecular flexibility index (Phi) is 16.0. The van der Waals surface area contributed by atoms with Crippen LogP contribution >= 0.6 is 0 Å². The summed E-state index contributed by atoms with van der Waals surface area (Å²) in [6.45, 7) is 15.9. The van der Waals surface area contributed by atoms with Gasteiger partial charge in [-0.1, -0.05) is 64.5 Å². The number of rotatable bonds is 9. The molecule has 16 heteroatoms. The van der Waals surface area contributed by atoms with Crippen LogP contribution < -0.4 is 0 Å². The Balaban J connectivity index is 1.20. The summed E-state index contributed by atoms with van der Waals surface area (Å²) in [4.78, 5) is 19.2. The third-order valence-electron chi connectivity index (χ3n) is 15.1. The van der Waals surface area contributed by atoms with Crippen LogP contribution in [0.15, 0.2) is 47.1 Å². The zero-order valence-electron chi connectivity index (χ0n) is 39.2. The largest absolute Gasteiger partial charge is 0.462 e. The Hall–Kier alpha value is -2.13. The highest BCUT2D eigenvalue weighted by molar-refractivity contribution is 5.78. The average molecular weight is 907 g/mol. The van der Waals surface area contributed by atoms with Crippen LogP contribution in [0.25, 0.3) is 0 Å². The van der Waals surface area contributed by atoms with Gasteiger partial charge in [0.05, 0.1) is 42.7 Å². The molecule has 16 nitrogen and oxygen atoms in total. The molecule has 6 heterocycles. The van der Waals surface area contributed by atoms with E-state index in [4.69, 9.17) is 52.3 Å². The van der Waals surface area contributed by atoms with Crippen LogP contribution in [0.2, 0.25) is 0 Å². The van der Waals surface area contributed by atoms with Gasteiger partial charge in [-0.25, -0.2) is 10.1 Å². The molecule has 0 amide bonds. The van der Waals surface area contributed by atoms with Gasteiger partial charge < -0.3 is 62.7 Å². The molecule has 7 aliphatic rings. The van der Waals surface area contributed by atoms with Gasteiger partial charge in [-0.3, -0.25) is 4.79 Å². The molecule has 1 spiro atoms. The van der Waals surface area contributed by atoms with Crippen LogP contribution in [0.4, 0.5) is 0 Å². The standard InChI is InChI=1S/C48H74O16/c1-11-24(2)42-27(5)17-18-47(63-42)23-32-20-31(62-47)16-15-26(4)41(59-38-22-36(55-10)43(30(8)57-38)60-37-21-35(54-9)40(50)29(7)56-37)25(3)13-12-14-33-46(64-53)61-44-39(49)28(6)19-34(45(51)58-32)48(33,44)52/h12-15,19,24-25,27,29-32,34-44,46,49-50,52-53H,11,16-18,20-23H2,1-10H3/t24-,25-,27-,29-,30-,31+,32-,34-,35-,36-,37-,38-,39+,40-,41-,42+,43-,44+,46?,47+,48+/m0/s1. The monoisotopic (exact) mass is 906 g/mol. The SMILES string of the molecule is CC[C@H](C)[C@H]1O[C@]2(CC[C@@H]1C)C[C@@H]1C[C@@H](CC=C(C)[C@@H](O[C@H]3C[C@H](OC)[C@@H](O[C@H]4C[C@H](OC)[C@@H](O)[C@H](C)O4)[C@H](C)O3)[C@@H](C)C=CC=C3C(OO)O[C@@H]4[C@H](O)C(C)=C[C@@H](C(=O)O1)[C@]34O)O2. The van der Waals surface area contributed by atoms with E-state index in [1.807, 2.05) is 26.8 Å². The number of fused-ring (bicyclic) bond motifs is 2. The predicted molar refractivity (Wildman–Crippen MR) is 230 cm³/mol. The van der Waals surface area contributed by atoms with Crippen molar-refractivity contribution >= 4 is 5.97 Å². The van der Waals surface area contributed by atoms with Crippen LogP contribution in [-0.2, 0) is 57.1 Å². The number of carbonyl (C=O) groups is 1. The molecule has 5 saturated heterocycles. The van der Waals surface area contributed by atoms with E-state index in [1.54, 1.807) is 40.2 Å². The molecule has 4 N–H and O–H groups in total. The second kappa shape index (κ2) is 20.6. The Morgan fingerprint density at radius 1 is 0.906 bits per heavy atom. The maximum atomic E-state index is 14.5. The second-order valence-electron chi connectivity index (χ2n) is 19.5. The molecule has 362 valence electrons. The Bertz CT molecular complexity index is 1730. The van der Waals surface area contributed by atoms with E-state index in [0.717, 1.165) is 18.4 Å². The number of ether oxygens (including phenoxy) is 10. The van der Waals surface area contributed by atoms with Gasteiger partial charge in [0.1, 0.15) is 42.0 Å². The first-order chi connectivity index (χ1) is 30.4. The quantitative estimate of drug-likeness (QED) is 0.0990. The fourth-order valence-electron chi connectivity index (χ4n) is 11.1. The van der Waals surface area contributed by atoms with Crippen molar-refractivity contribution in [2.75, 3.05) is 14.2 Å². The molecule has 1 aliphatic carbocycles. The summed E-state index contributed by atoms with van der Waals surface area (Å²) < 4.78 is 63.7. The molecule has 0 saturated carbocycles. The van der Waals surface area contributed by atoms with Crippen molar-refractivity contribution in [3.05, 3.63) is 47.1 Å². The maximum absolute atomic E-state index is 14.5. The van der Waals surface area contributed by atoms with Gasteiger partial charge in [0.25, 0.3) is 0 Å². The zero-order valence-corrected chi connectivity index (χ0v) is 39.2. The van der Waals surface area contributed by atoms with E-state index >= 15 is 0 Å². The minimum Gasteiger partial charge on any atom is -0.462 e. The van der Waals surface area contributed by atoms with Crippen LogP contribution in [0.1, 0.15) is 107 Å². The second-order valence-corrected chi connectivity index (χ2v) is 19.5. The lowest BCUT2D eigenvalue weighted by atomic mass is 9.70. The molecule has 0 radical (unpaired) electrons. The normalized spacial score (nSPS) is 47.3. The summed E-state index contributed by atoms with van der Waals surface area (Å²) in [5.41, 5.74) is -0.753. The van der Waals surface area contributed by atoms with Crippen molar-refractivity contribution in [2.45, 2.75) is 210 Å². The molecular formula is C48H74O16. The van der Waals surface area contributed by atoms with Crippen LogP contribution in [0.5, 0.6) is 0 Å². The van der Waals surface area contributed by atoms with Crippen molar-refractivity contribution in [3.8, 4) is 0 Å². The van der Waals surface area contributed by atoms with Crippen LogP contribution in [0, 0.1) is 23.7 Å². The third kappa shape index (κ3) is 10.0. The number of hydrogen-bond donors (Lipinski definition) is 4. The van der Waals surface area contributed by atoms with Crippen molar-refractivity contribution in [1.82, 2.24) is 0 Å². The first-order valence-corrected chi connectivity index (χ1v) is 23.5. The lowest BCUT2D eigenvalue weighted by molar-refractivity contribution is -0.340. The molecule has 1 unspecified atom stereocenters. The number of carbonyl (C=O) groups excluding carboxylic acids is 1. The summed E-state index contributed by atoms with van der Waals surface area (Å²) in [6, 6.07) is 0. The smallest absolute Gasteiger partial charge is 0.316 e. The van der Waals surface area contributed by atoms with Crippen molar-refractivity contribution in [1.29, 1.82) is 0 Å². The number of allylic oxidation sites excluding steroid dienone is 2. The van der Waals surface area contributed by atoms with Gasteiger partial charge >= 0.3 is 5.97 Å². The van der Waals surface area contributed by atoms with E-state index in [0.29, 0.717) is 50.0 Å². The average Bonchev–Trinajstić information content (AvgIpc) is 3.56. The summed E-state index contributed by atoms with van der Waals surface area (Å²) in [6.07, 6.45) is 2.96. The molecular weight excluding hydrogens is 833 g/mol. The summed E-state index contributed by atoms with van der Waals surface area (Å²) in [5, 5.41) is 44.5. The molecule has 0 aromatic rings. The van der Waals surface area contributed by atoms with Gasteiger partial charge in [-0.05, 0) is 63.5 Å². The topological polar surface area (TPSA) is 200 Å². The number of aliphatic hydroxyl groups excluding tert-OH is 2. The third-order valence-corrected chi connectivity index (χ3v) is 15.1.